The van der Waals surface area contributed by atoms with Gasteiger partial charge in [0.25, 0.3) is 0 Å². The highest BCUT2D eigenvalue weighted by Gasteiger charge is 2.14. The summed E-state index contributed by atoms with van der Waals surface area (Å²) in [5, 5.41) is 5.50. The second kappa shape index (κ2) is 9.13. The van der Waals surface area contributed by atoms with Crippen LogP contribution in [0.15, 0.2) is 30.3 Å². The minimum absolute atomic E-state index is 0.0865. The van der Waals surface area contributed by atoms with E-state index in [0.29, 0.717) is 25.4 Å². The zero-order valence-electron chi connectivity index (χ0n) is 12.8. The lowest BCUT2D eigenvalue weighted by Gasteiger charge is -2.14. The number of benzene rings is 1. The number of nitrogens with two attached hydrogens (primary N) is 1. The van der Waals surface area contributed by atoms with Crippen molar-refractivity contribution in [3.05, 3.63) is 35.9 Å². The molecule has 0 aliphatic heterocycles. The summed E-state index contributed by atoms with van der Waals surface area (Å²) in [4.78, 5) is 23.3. The molecular formula is C16H25N3O2. The van der Waals surface area contributed by atoms with Crippen LogP contribution in [0.25, 0.3) is 0 Å². The minimum Gasteiger partial charge on any atom is -0.354 e. The number of nitrogens with one attached hydrogen (secondary N) is 2. The number of carbonyl (C=O) groups excluding carboxylic acids is 2. The molecular weight excluding hydrogens is 266 g/mol. The van der Waals surface area contributed by atoms with E-state index < -0.39 is 6.04 Å². The molecule has 0 aliphatic rings. The molecule has 5 nitrogen and oxygen atoms in total. The Kier molecular flexibility index (Phi) is 7.46. The SMILES string of the molecule is CC(C)C[C@H](N)C(=O)NCCC(=O)NCc1ccccc1. The predicted octanol–water partition coefficient (Wildman–Crippen LogP) is 1.18. The molecule has 0 radical (unpaired) electrons. The molecule has 5 heteroatoms. The molecule has 0 saturated heterocycles. The lowest BCUT2D eigenvalue weighted by molar-refractivity contribution is -0.123. The van der Waals surface area contributed by atoms with Crippen molar-refractivity contribution in [3.63, 3.8) is 0 Å². The van der Waals surface area contributed by atoms with E-state index >= 15 is 0 Å². The number of hydrogen-bond acceptors (Lipinski definition) is 3. The summed E-state index contributed by atoms with van der Waals surface area (Å²) in [5.41, 5.74) is 6.81. The quantitative estimate of drug-likeness (QED) is 0.672. The first-order chi connectivity index (χ1) is 9.99. The fraction of sp³-hybridized carbons (Fsp3) is 0.500. The van der Waals surface area contributed by atoms with Gasteiger partial charge in [0.05, 0.1) is 6.04 Å². The Morgan fingerprint density at radius 3 is 2.43 bits per heavy atom. The fourth-order valence-corrected chi connectivity index (χ4v) is 1.93. The van der Waals surface area contributed by atoms with Crippen molar-refractivity contribution in [2.45, 2.75) is 39.3 Å². The number of hydrogen-bond donors (Lipinski definition) is 3. The average molecular weight is 291 g/mol. The first kappa shape index (κ1) is 17.2. The van der Waals surface area contributed by atoms with Crippen molar-refractivity contribution >= 4 is 11.8 Å². The van der Waals surface area contributed by atoms with Crippen molar-refractivity contribution in [3.8, 4) is 0 Å². The van der Waals surface area contributed by atoms with E-state index in [1.807, 2.05) is 44.2 Å². The van der Waals surface area contributed by atoms with Crippen LogP contribution in [0.5, 0.6) is 0 Å². The van der Waals surface area contributed by atoms with Gasteiger partial charge in [0.15, 0.2) is 0 Å². The van der Waals surface area contributed by atoms with Gasteiger partial charge in [-0.3, -0.25) is 9.59 Å². The molecule has 116 valence electrons. The first-order valence-corrected chi connectivity index (χ1v) is 7.33. The van der Waals surface area contributed by atoms with Crippen molar-refractivity contribution < 1.29 is 9.59 Å². The zero-order valence-corrected chi connectivity index (χ0v) is 12.8. The molecule has 1 aromatic carbocycles. The Bertz CT molecular complexity index is 446. The van der Waals surface area contributed by atoms with E-state index in [4.69, 9.17) is 5.73 Å². The zero-order chi connectivity index (χ0) is 15.7. The molecule has 1 aromatic rings. The van der Waals surface area contributed by atoms with Crippen molar-refractivity contribution in [2.24, 2.45) is 11.7 Å². The highest BCUT2D eigenvalue weighted by atomic mass is 16.2. The van der Waals surface area contributed by atoms with Crippen LogP contribution < -0.4 is 16.4 Å². The standard InChI is InChI=1S/C16H25N3O2/c1-12(2)10-14(17)16(21)18-9-8-15(20)19-11-13-6-4-3-5-7-13/h3-7,12,14H,8-11,17H2,1-2H3,(H,18,21)(H,19,20)/t14-/m0/s1. The first-order valence-electron chi connectivity index (χ1n) is 7.33. The second-order valence-corrected chi connectivity index (χ2v) is 5.54. The molecule has 4 N–H and O–H groups in total. The largest absolute Gasteiger partial charge is 0.354 e. The van der Waals surface area contributed by atoms with Gasteiger partial charge < -0.3 is 16.4 Å². The summed E-state index contributed by atoms with van der Waals surface area (Å²) < 4.78 is 0. The van der Waals surface area contributed by atoms with E-state index in [1.165, 1.54) is 0 Å². The monoisotopic (exact) mass is 291 g/mol. The third kappa shape index (κ3) is 7.46. The maximum absolute atomic E-state index is 11.7. The van der Waals surface area contributed by atoms with Gasteiger partial charge in [0.2, 0.25) is 11.8 Å². The predicted molar refractivity (Wildman–Crippen MR) is 83.3 cm³/mol. The van der Waals surface area contributed by atoms with E-state index in [2.05, 4.69) is 10.6 Å². The Labute approximate surface area is 126 Å². The molecule has 2 amide bonds. The molecule has 0 spiro atoms. The number of amides is 2. The van der Waals surface area contributed by atoms with E-state index in [0.717, 1.165) is 5.56 Å². The van der Waals surface area contributed by atoms with Gasteiger partial charge in [0, 0.05) is 19.5 Å². The smallest absolute Gasteiger partial charge is 0.236 e. The molecule has 0 saturated carbocycles. The third-order valence-electron chi connectivity index (χ3n) is 3.05. The molecule has 1 rings (SSSR count). The van der Waals surface area contributed by atoms with Crippen LogP contribution in [-0.4, -0.2) is 24.4 Å². The van der Waals surface area contributed by atoms with Gasteiger partial charge in [-0.25, -0.2) is 0 Å². The van der Waals surface area contributed by atoms with Crippen LogP contribution in [0, 0.1) is 5.92 Å². The van der Waals surface area contributed by atoms with Crippen molar-refractivity contribution in [2.75, 3.05) is 6.54 Å². The molecule has 0 unspecified atom stereocenters. The van der Waals surface area contributed by atoms with Crippen LogP contribution in [0.1, 0.15) is 32.3 Å². The van der Waals surface area contributed by atoms with Crippen molar-refractivity contribution in [1.29, 1.82) is 0 Å². The van der Waals surface area contributed by atoms with Gasteiger partial charge in [-0.1, -0.05) is 44.2 Å². The molecule has 1 atom stereocenters. The summed E-state index contributed by atoms with van der Waals surface area (Å²) in [6.07, 6.45) is 0.902. The van der Waals surface area contributed by atoms with Crippen LogP contribution >= 0.6 is 0 Å². The lowest BCUT2D eigenvalue weighted by Crippen LogP contribution is -2.42. The number of carbonyl (C=O) groups is 2. The van der Waals surface area contributed by atoms with Gasteiger partial charge in [-0.2, -0.15) is 0 Å². The van der Waals surface area contributed by atoms with E-state index in [9.17, 15) is 9.59 Å². The Morgan fingerprint density at radius 2 is 1.81 bits per heavy atom. The van der Waals surface area contributed by atoms with Gasteiger partial charge in [-0.05, 0) is 17.9 Å². The fourth-order valence-electron chi connectivity index (χ4n) is 1.93. The van der Waals surface area contributed by atoms with Crippen LogP contribution in [0.3, 0.4) is 0 Å². The molecule has 0 bridgehead atoms. The van der Waals surface area contributed by atoms with Crippen LogP contribution in [0.4, 0.5) is 0 Å². The van der Waals surface area contributed by atoms with Gasteiger partial charge >= 0.3 is 0 Å². The Hall–Kier alpha value is -1.88. The normalized spacial score (nSPS) is 12.0. The van der Waals surface area contributed by atoms with Crippen molar-refractivity contribution in [1.82, 2.24) is 10.6 Å². The molecule has 21 heavy (non-hydrogen) atoms. The second-order valence-electron chi connectivity index (χ2n) is 5.54. The summed E-state index contributed by atoms with van der Waals surface area (Å²) in [5.74, 6) is 0.0936. The highest BCUT2D eigenvalue weighted by Crippen LogP contribution is 2.02. The molecule has 0 aliphatic carbocycles. The average Bonchev–Trinajstić information content (AvgIpc) is 2.45. The van der Waals surface area contributed by atoms with Gasteiger partial charge in [0.1, 0.15) is 0 Å². The summed E-state index contributed by atoms with van der Waals surface area (Å²) in [6, 6.07) is 9.19. The summed E-state index contributed by atoms with van der Waals surface area (Å²) in [7, 11) is 0. The summed E-state index contributed by atoms with van der Waals surface area (Å²) >= 11 is 0. The van der Waals surface area contributed by atoms with Crippen LogP contribution in [-0.2, 0) is 16.1 Å². The van der Waals surface area contributed by atoms with Crippen LogP contribution in [0.2, 0.25) is 0 Å². The maximum atomic E-state index is 11.7. The Morgan fingerprint density at radius 1 is 1.14 bits per heavy atom. The highest BCUT2D eigenvalue weighted by molar-refractivity contribution is 5.82. The number of rotatable bonds is 8. The molecule has 0 fully saturated rings. The maximum Gasteiger partial charge on any atom is 0.236 e. The Balaban J connectivity index is 2.17. The molecule has 0 aromatic heterocycles. The summed E-state index contributed by atoms with van der Waals surface area (Å²) in [6.45, 7) is 4.85. The molecule has 0 heterocycles. The lowest BCUT2D eigenvalue weighted by atomic mass is 10.0. The van der Waals surface area contributed by atoms with E-state index in [-0.39, 0.29) is 18.2 Å². The topological polar surface area (TPSA) is 84.2 Å². The van der Waals surface area contributed by atoms with Gasteiger partial charge in [-0.15, -0.1) is 0 Å². The minimum atomic E-state index is -0.502. The third-order valence-corrected chi connectivity index (χ3v) is 3.05. The van der Waals surface area contributed by atoms with E-state index in [1.54, 1.807) is 0 Å².